The van der Waals surface area contributed by atoms with E-state index in [1.54, 1.807) is 0 Å². The molecular formula is C24H24N2O5. The summed E-state index contributed by atoms with van der Waals surface area (Å²) in [6.07, 6.45) is 1.46. The number of fused-ring (bicyclic) bond motifs is 3. The van der Waals surface area contributed by atoms with Gasteiger partial charge in [0.05, 0.1) is 0 Å². The number of carbonyl (C=O) groups is 3. The Kier molecular flexibility index (Phi) is 4.68. The van der Waals surface area contributed by atoms with E-state index in [4.69, 9.17) is 4.74 Å². The Hall–Kier alpha value is -3.35. The normalized spacial score (nSPS) is 20.6. The van der Waals surface area contributed by atoms with E-state index in [1.807, 2.05) is 36.4 Å². The number of aliphatic carboxylic acids is 1. The van der Waals surface area contributed by atoms with Crippen molar-refractivity contribution >= 4 is 18.0 Å². The van der Waals surface area contributed by atoms with Gasteiger partial charge in [-0.05, 0) is 47.9 Å². The molecule has 2 amide bonds. The third-order valence-corrected chi connectivity index (χ3v) is 6.64. The molecule has 2 fully saturated rings. The smallest absolute Gasteiger partial charge is 0.408 e. The summed E-state index contributed by atoms with van der Waals surface area (Å²) in [4.78, 5) is 38.4. The summed E-state index contributed by atoms with van der Waals surface area (Å²) in [5.41, 5.74) is 3.51. The number of carbonyl (C=O) groups excluding carboxylic acids is 2. The molecule has 3 aliphatic rings. The van der Waals surface area contributed by atoms with Gasteiger partial charge in [0.2, 0.25) is 5.91 Å². The van der Waals surface area contributed by atoms with Crippen molar-refractivity contribution in [2.75, 3.05) is 13.2 Å². The maximum atomic E-state index is 13.0. The Morgan fingerprint density at radius 1 is 1.03 bits per heavy atom. The molecule has 1 atom stereocenters. The van der Waals surface area contributed by atoms with E-state index in [-0.39, 0.29) is 18.4 Å². The van der Waals surface area contributed by atoms with Gasteiger partial charge in [-0.15, -0.1) is 0 Å². The van der Waals surface area contributed by atoms with E-state index in [0.717, 1.165) is 22.3 Å². The second-order valence-electron chi connectivity index (χ2n) is 8.53. The molecule has 5 rings (SSSR count). The highest BCUT2D eigenvalue weighted by atomic mass is 16.5. The van der Waals surface area contributed by atoms with Crippen molar-refractivity contribution in [3.8, 4) is 11.1 Å². The molecule has 1 heterocycles. The highest BCUT2D eigenvalue weighted by molar-refractivity contribution is 5.95. The number of benzene rings is 2. The summed E-state index contributed by atoms with van der Waals surface area (Å²) >= 11 is 0. The van der Waals surface area contributed by atoms with Crippen LogP contribution in [0.2, 0.25) is 0 Å². The molecule has 0 spiro atoms. The number of likely N-dealkylation sites (tertiary alicyclic amines) is 1. The van der Waals surface area contributed by atoms with E-state index < -0.39 is 23.6 Å². The van der Waals surface area contributed by atoms with Gasteiger partial charge >= 0.3 is 12.1 Å². The lowest BCUT2D eigenvalue weighted by molar-refractivity contribution is -0.149. The fraction of sp³-hybridized carbons (Fsp3) is 0.375. The van der Waals surface area contributed by atoms with Crippen molar-refractivity contribution in [1.29, 1.82) is 0 Å². The quantitative estimate of drug-likeness (QED) is 0.775. The van der Waals surface area contributed by atoms with Crippen molar-refractivity contribution in [2.45, 2.75) is 43.2 Å². The van der Waals surface area contributed by atoms with Crippen LogP contribution in [0.1, 0.15) is 42.7 Å². The number of amides is 2. The van der Waals surface area contributed by atoms with E-state index in [9.17, 15) is 19.5 Å². The average molecular weight is 420 g/mol. The van der Waals surface area contributed by atoms with Gasteiger partial charge in [-0.25, -0.2) is 9.59 Å². The number of nitrogens with zero attached hydrogens (tertiary/aromatic N) is 1. The fourth-order valence-corrected chi connectivity index (χ4v) is 4.89. The summed E-state index contributed by atoms with van der Waals surface area (Å²) in [5, 5.41) is 12.1. The number of nitrogens with one attached hydrogen (secondary N) is 1. The summed E-state index contributed by atoms with van der Waals surface area (Å²) < 4.78 is 5.57. The number of hydrogen-bond donors (Lipinski definition) is 2. The predicted octanol–water partition coefficient (Wildman–Crippen LogP) is 3.13. The first-order valence-corrected chi connectivity index (χ1v) is 10.7. The second-order valence-corrected chi connectivity index (χ2v) is 8.53. The molecule has 2 aromatic carbocycles. The van der Waals surface area contributed by atoms with E-state index in [2.05, 4.69) is 17.4 Å². The van der Waals surface area contributed by atoms with E-state index in [1.165, 1.54) is 4.90 Å². The van der Waals surface area contributed by atoms with Gasteiger partial charge in [0.1, 0.15) is 18.2 Å². The molecule has 7 nitrogen and oxygen atoms in total. The average Bonchev–Trinajstić information content (AvgIpc) is 3.25. The van der Waals surface area contributed by atoms with Crippen molar-refractivity contribution < 1.29 is 24.2 Å². The number of carboxylic acids is 1. The van der Waals surface area contributed by atoms with Crippen LogP contribution in [0.5, 0.6) is 0 Å². The van der Waals surface area contributed by atoms with Crippen molar-refractivity contribution in [1.82, 2.24) is 10.2 Å². The Bertz CT molecular complexity index is 1020. The summed E-state index contributed by atoms with van der Waals surface area (Å²) in [5.74, 6) is -1.37. The Balaban J connectivity index is 1.26. The molecule has 0 unspecified atom stereocenters. The third-order valence-electron chi connectivity index (χ3n) is 6.64. The van der Waals surface area contributed by atoms with Gasteiger partial charge in [0.25, 0.3) is 0 Å². The first-order valence-electron chi connectivity index (χ1n) is 10.7. The van der Waals surface area contributed by atoms with Crippen LogP contribution >= 0.6 is 0 Å². The number of carboxylic acid groups (broad SMARTS) is 1. The van der Waals surface area contributed by atoms with Crippen molar-refractivity contribution in [2.24, 2.45) is 0 Å². The van der Waals surface area contributed by atoms with Gasteiger partial charge in [0.15, 0.2) is 0 Å². The zero-order chi connectivity index (χ0) is 21.6. The number of rotatable bonds is 5. The Labute approximate surface area is 180 Å². The highest BCUT2D eigenvalue weighted by Crippen LogP contribution is 2.44. The lowest BCUT2D eigenvalue weighted by atomic mass is 9.98. The second kappa shape index (κ2) is 7.41. The number of ether oxygens (including phenoxy) is 1. The van der Waals surface area contributed by atoms with Crippen LogP contribution in [-0.2, 0) is 14.3 Å². The van der Waals surface area contributed by atoms with Gasteiger partial charge in [-0.3, -0.25) is 4.79 Å². The minimum atomic E-state index is -1.03. The van der Waals surface area contributed by atoms with Crippen molar-refractivity contribution in [3.05, 3.63) is 59.7 Å². The molecule has 2 aliphatic carbocycles. The van der Waals surface area contributed by atoms with Crippen LogP contribution in [0.3, 0.4) is 0 Å². The monoisotopic (exact) mass is 420 g/mol. The standard InChI is InChI=1S/C24H24N2O5/c27-21(28)20-10-5-13-26(20)22(29)24(11-12-24)25-23(30)31-14-19-17-8-3-1-6-15(17)16-7-2-4-9-18(16)19/h1-4,6-9,19-20H,5,10-14H2,(H,25,30)(H,27,28)/t20-/m0/s1. The van der Waals surface area contributed by atoms with Crippen LogP contribution < -0.4 is 5.32 Å². The fourth-order valence-electron chi connectivity index (χ4n) is 4.89. The lowest BCUT2D eigenvalue weighted by Gasteiger charge is -2.27. The zero-order valence-corrected chi connectivity index (χ0v) is 17.0. The molecule has 0 radical (unpaired) electrons. The molecule has 1 saturated carbocycles. The molecule has 31 heavy (non-hydrogen) atoms. The molecule has 1 aliphatic heterocycles. The van der Waals surface area contributed by atoms with Crippen LogP contribution in [0.4, 0.5) is 4.79 Å². The van der Waals surface area contributed by atoms with Crippen LogP contribution in [0.25, 0.3) is 11.1 Å². The topological polar surface area (TPSA) is 95.9 Å². The minimum absolute atomic E-state index is 0.0565. The lowest BCUT2D eigenvalue weighted by Crippen LogP contribution is -2.53. The van der Waals surface area contributed by atoms with Gasteiger partial charge in [-0.1, -0.05) is 48.5 Å². The minimum Gasteiger partial charge on any atom is -0.480 e. The van der Waals surface area contributed by atoms with Crippen LogP contribution in [-0.4, -0.2) is 52.7 Å². The summed E-state index contributed by atoms with van der Waals surface area (Å²) in [7, 11) is 0. The highest BCUT2D eigenvalue weighted by Gasteiger charge is 2.55. The maximum absolute atomic E-state index is 13.0. The summed E-state index contributed by atoms with van der Waals surface area (Å²) in [6, 6.07) is 15.4. The van der Waals surface area contributed by atoms with Gasteiger partial charge < -0.3 is 20.1 Å². The first kappa shape index (κ1) is 19.6. The predicted molar refractivity (Wildman–Crippen MR) is 113 cm³/mol. The molecule has 7 heteroatoms. The molecular weight excluding hydrogens is 396 g/mol. The SMILES string of the molecule is O=C(NC1(C(=O)N2CCC[C@H]2C(=O)O)CC1)OCC1c2ccccc2-c2ccccc21. The summed E-state index contributed by atoms with van der Waals surface area (Å²) in [6.45, 7) is 0.579. The Morgan fingerprint density at radius 3 is 2.23 bits per heavy atom. The zero-order valence-electron chi connectivity index (χ0n) is 17.0. The molecule has 1 saturated heterocycles. The van der Waals surface area contributed by atoms with E-state index >= 15 is 0 Å². The molecule has 160 valence electrons. The van der Waals surface area contributed by atoms with Crippen LogP contribution in [0.15, 0.2) is 48.5 Å². The van der Waals surface area contributed by atoms with Crippen LogP contribution in [0, 0.1) is 0 Å². The third kappa shape index (κ3) is 3.34. The van der Waals surface area contributed by atoms with Gasteiger partial charge in [0, 0.05) is 12.5 Å². The first-order chi connectivity index (χ1) is 15.0. The number of alkyl carbamates (subject to hydrolysis) is 1. The largest absolute Gasteiger partial charge is 0.480 e. The molecule has 2 N–H and O–H groups in total. The molecule has 0 bridgehead atoms. The Morgan fingerprint density at radius 2 is 1.65 bits per heavy atom. The number of hydrogen-bond acceptors (Lipinski definition) is 4. The molecule has 2 aromatic rings. The van der Waals surface area contributed by atoms with Gasteiger partial charge in [-0.2, -0.15) is 0 Å². The maximum Gasteiger partial charge on any atom is 0.408 e. The molecule has 0 aromatic heterocycles. The van der Waals surface area contributed by atoms with E-state index in [0.29, 0.717) is 32.2 Å². The van der Waals surface area contributed by atoms with Crippen molar-refractivity contribution in [3.63, 3.8) is 0 Å².